The summed E-state index contributed by atoms with van der Waals surface area (Å²) >= 11 is 0. The van der Waals surface area contributed by atoms with Gasteiger partial charge in [-0.25, -0.2) is 23.9 Å². The fraction of sp³-hybridized carbons (Fsp3) is 0.286. The minimum atomic E-state index is -3.66. The predicted octanol–water partition coefficient (Wildman–Crippen LogP) is 1.89. The summed E-state index contributed by atoms with van der Waals surface area (Å²) in [5.74, 6) is -0.454. The molecule has 3 aromatic rings. The van der Waals surface area contributed by atoms with E-state index < -0.39 is 22.0 Å². The molecule has 0 bridgehead atoms. The first kappa shape index (κ1) is 23.5. The molecule has 1 fully saturated rings. The summed E-state index contributed by atoms with van der Waals surface area (Å²) in [6.45, 7) is 1.02. The molecule has 170 valence electrons. The van der Waals surface area contributed by atoms with E-state index in [1.54, 1.807) is 18.2 Å². The number of anilines is 1. The van der Waals surface area contributed by atoms with Gasteiger partial charge in [0.15, 0.2) is 0 Å². The second-order valence-electron chi connectivity index (χ2n) is 6.98. The number of ether oxygens (including phenoxy) is 1. The quantitative estimate of drug-likeness (QED) is 0.376. The molecule has 0 radical (unpaired) electrons. The molecule has 1 unspecified atom stereocenters. The molecule has 1 aromatic heterocycles. The van der Waals surface area contributed by atoms with Gasteiger partial charge >= 0.3 is 0 Å². The average molecular weight is 460 g/mol. The van der Waals surface area contributed by atoms with E-state index in [-0.39, 0.29) is 50.1 Å². The van der Waals surface area contributed by atoms with E-state index in [1.807, 2.05) is 24.3 Å². The monoisotopic (exact) mass is 459 g/mol. The number of sulfonamides is 1. The van der Waals surface area contributed by atoms with Crippen LogP contribution in [0.25, 0.3) is 10.8 Å². The Bertz CT molecular complexity index is 1190. The molecule has 0 saturated carbocycles. The Morgan fingerprint density at radius 1 is 1.16 bits per heavy atom. The molecule has 0 spiro atoms. The van der Waals surface area contributed by atoms with E-state index >= 15 is 0 Å². The van der Waals surface area contributed by atoms with Crippen LogP contribution in [0.5, 0.6) is 0 Å². The molecule has 2 heterocycles. The maximum absolute atomic E-state index is 13.1. The van der Waals surface area contributed by atoms with Crippen molar-refractivity contribution in [1.82, 2.24) is 19.8 Å². The van der Waals surface area contributed by atoms with Crippen LogP contribution in [0.1, 0.15) is 17.8 Å². The van der Waals surface area contributed by atoms with Crippen molar-refractivity contribution in [3.05, 3.63) is 60.4 Å². The SMILES string of the molecule is C.O=C(NO)c1cnc(NCC2CN(S(=O)(=O)c3ccc4ccccc4c3)CCO2)nc1. The second-order valence-corrected chi connectivity index (χ2v) is 8.92. The van der Waals surface area contributed by atoms with Crippen LogP contribution in [0.3, 0.4) is 0 Å². The number of carbonyl (C=O) groups excluding carboxylic acids is 1. The lowest BCUT2D eigenvalue weighted by Crippen LogP contribution is -2.47. The summed E-state index contributed by atoms with van der Waals surface area (Å²) in [5.41, 5.74) is 1.61. The van der Waals surface area contributed by atoms with Crippen LogP contribution in [0.2, 0.25) is 0 Å². The van der Waals surface area contributed by atoms with Gasteiger partial charge in [0.1, 0.15) is 0 Å². The maximum Gasteiger partial charge on any atom is 0.277 e. The van der Waals surface area contributed by atoms with Crippen molar-refractivity contribution >= 4 is 32.7 Å². The van der Waals surface area contributed by atoms with E-state index in [4.69, 9.17) is 9.94 Å². The van der Waals surface area contributed by atoms with Crippen molar-refractivity contribution in [3.63, 3.8) is 0 Å². The Morgan fingerprint density at radius 3 is 2.59 bits per heavy atom. The highest BCUT2D eigenvalue weighted by molar-refractivity contribution is 7.89. The number of hydroxylamine groups is 1. The lowest BCUT2D eigenvalue weighted by atomic mass is 10.1. The molecular formula is C21H25N5O5S. The molecule has 10 nitrogen and oxygen atoms in total. The molecular weight excluding hydrogens is 434 g/mol. The van der Waals surface area contributed by atoms with Gasteiger partial charge in [-0.05, 0) is 22.9 Å². The Hall–Kier alpha value is -3.12. The van der Waals surface area contributed by atoms with Gasteiger partial charge in [0, 0.05) is 32.0 Å². The Labute approximate surface area is 186 Å². The van der Waals surface area contributed by atoms with Crippen LogP contribution in [0.15, 0.2) is 59.8 Å². The molecule has 32 heavy (non-hydrogen) atoms. The summed E-state index contributed by atoms with van der Waals surface area (Å²) < 4.78 is 33.4. The van der Waals surface area contributed by atoms with Crippen LogP contribution >= 0.6 is 0 Å². The average Bonchev–Trinajstić information content (AvgIpc) is 2.82. The van der Waals surface area contributed by atoms with Crippen LogP contribution in [0.4, 0.5) is 5.95 Å². The highest BCUT2D eigenvalue weighted by atomic mass is 32.2. The lowest BCUT2D eigenvalue weighted by Gasteiger charge is -2.32. The van der Waals surface area contributed by atoms with Crippen molar-refractivity contribution in [2.75, 3.05) is 31.6 Å². The number of morpholine rings is 1. The first-order valence-electron chi connectivity index (χ1n) is 9.58. The number of rotatable bonds is 6. The van der Waals surface area contributed by atoms with E-state index in [0.29, 0.717) is 0 Å². The Kier molecular flexibility index (Phi) is 7.36. The Balaban J connectivity index is 0.00000289. The molecule has 11 heteroatoms. The van der Waals surface area contributed by atoms with Crippen molar-refractivity contribution in [2.45, 2.75) is 18.4 Å². The van der Waals surface area contributed by atoms with Gasteiger partial charge in [0.05, 0.1) is 23.2 Å². The standard InChI is InChI=1S/C20H21N5O5S.CH4/c26-19(24-27)16-10-21-20(22-11-16)23-12-17-13-25(7-8-30-17)31(28,29)18-6-5-14-3-1-2-4-15(14)9-18;/h1-6,9-11,17,27H,7-8,12-13H2,(H,24,26)(H,21,22,23);1H4. The van der Waals surface area contributed by atoms with E-state index in [2.05, 4.69) is 15.3 Å². The largest absolute Gasteiger partial charge is 0.374 e. The zero-order valence-electron chi connectivity index (χ0n) is 16.4. The number of amides is 1. The third kappa shape index (κ3) is 5.02. The number of aromatic nitrogens is 2. The fourth-order valence-electron chi connectivity index (χ4n) is 3.32. The predicted molar refractivity (Wildman–Crippen MR) is 119 cm³/mol. The summed E-state index contributed by atoms with van der Waals surface area (Å²) in [6.07, 6.45) is 2.13. The smallest absolute Gasteiger partial charge is 0.277 e. The normalized spacial score (nSPS) is 16.8. The molecule has 3 N–H and O–H groups in total. The van der Waals surface area contributed by atoms with Crippen molar-refractivity contribution in [3.8, 4) is 0 Å². The zero-order chi connectivity index (χ0) is 21.8. The summed E-state index contributed by atoms with van der Waals surface area (Å²) in [4.78, 5) is 19.5. The van der Waals surface area contributed by atoms with Crippen LogP contribution in [-0.2, 0) is 14.8 Å². The zero-order valence-corrected chi connectivity index (χ0v) is 17.2. The van der Waals surface area contributed by atoms with Gasteiger partial charge in [-0.1, -0.05) is 37.8 Å². The number of hydrogen-bond donors (Lipinski definition) is 3. The van der Waals surface area contributed by atoms with Crippen LogP contribution in [0, 0.1) is 0 Å². The molecule has 1 aliphatic rings. The van der Waals surface area contributed by atoms with E-state index in [9.17, 15) is 13.2 Å². The highest BCUT2D eigenvalue weighted by Gasteiger charge is 2.31. The highest BCUT2D eigenvalue weighted by Crippen LogP contribution is 2.23. The molecule has 4 rings (SSSR count). The van der Waals surface area contributed by atoms with Crippen LogP contribution < -0.4 is 10.8 Å². The van der Waals surface area contributed by atoms with Crippen LogP contribution in [-0.4, -0.2) is 66.2 Å². The molecule has 1 aliphatic heterocycles. The number of carbonyl (C=O) groups is 1. The number of fused-ring (bicyclic) bond motifs is 1. The third-order valence-electron chi connectivity index (χ3n) is 4.96. The summed E-state index contributed by atoms with van der Waals surface area (Å²) in [5, 5.41) is 13.4. The Morgan fingerprint density at radius 2 is 1.88 bits per heavy atom. The van der Waals surface area contributed by atoms with E-state index in [0.717, 1.165) is 10.8 Å². The molecule has 0 aliphatic carbocycles. The van der Waals surface area contributed by atoms with Gasteiger partial charge in [-0.15, -0.1) is 0 Å². The number of benzene rings is 2. The van der Waals surface area contributed by atoms with Crippen molar-refractivity contribution in [2.24, 2.45) is 0 Å². The van der Waals surface area contributed by atoms with Gasteiger partial charge in [0.25, 0.3) is 5.91 Å². The second kappa shape index (κ2) is 10.0. The van der Waals surface area contributed by atoms with Gasteiger partial charge in [-0.3, -0.25) is 10.0 Å². The summed E-state index contributed by atoms with van der Waals surface area (Å²) in [6, 6.07) is 12.7. The van der Waals surface area contributed by atoms with E-state index in [1.165, 1.54) is 22.2 Å². The number of nitrogens with zero attached hydrogens (tertiary/aromatic N) is 3. The van der Waals surface area contributed by atoms with Gasteiger partial charge < -0.3 is 10.1 Å². The topological polar surface area (TPSA) is 134 Å². The minimum Gasteiger partial charge on any atom is -0.374 e. The number of hydrogen-bond acceptors (Lipinski definition) is 8. The van der Waals surface area contributed by atoms with Crippen molar-refractivity contribution in [1.29, 1.82) is 0 Å². The molecule has 1 saturated heterocycles. The maximum atomic E-state index is 13.1. The lowest BCUT2D eigenvalue weighted by molar-refractivity contribution is 0.00674. The third-order valence-corrected chi connectivity index (χ3v) is 6.82. The first-order chi connectivity index (χ1) is 15.0. The summed E-state index contributed by atoms with van der Waals surface area (Å²) in [7, 11) is -3.66. The minimum absolute atomic E-state index is 0. The first-order valence-corrected chi connectivity index (χ1v) is 11.0. The number of nitrogens with one attached hydrogen (secondary N) is 2. The molecule has 1 atom stereocenters. The van der Waals surface area contributed by atoms with Gasteiger partial charge in [0.2, 0.25) is 16.0 Å². The molecule has 2 aromatic carbocycles. The molecule has 1 amide bonds. The van der Waals surface area contributed by atoms with Crippen molar-refractivity contribution < 1.29 is 23.2 Å². The fourth-order valence-corrected chi connectivity index (χ4v) is 4.81. The van der Waals surface area contributed by atoms with Gasteiger partial charge in [-0.2, -0.15) is 4.31 Å².